The van der Waals surface area contributed by atoms with Gasteiger partial charge < -0.3 is 4.90 Å². The minimum absolute atomic E-state index is 0.324. The molecule has 3 nitrogen and oxygen atoms in total. The summed E-state index contributed by atoms with van der Waals surface area (Å²) < 4.78 is 0. The van der Waals surface area contributed by atoms with E-state index in [4.69, 9.17) is 0 Å². The van der Waals surface area contributed by atoms with Crippen molar-refractivity contribution in [2.45, 2.75) is 19.4 Å². The molecular weight excluding hydrogens is 320 g/mol. The van der Waals surface area contributed by atoms with Gasteiger partial charge in [0.25, 0.3) is 0 Å². The maximum atomic E-state index is 11.5. The van der Waals surface area contributed by atoms with Crippen LogP contribution in [0.1, 0.15) is 30.5 Å². The van der Waals surface area contributed by atoms with Gasteiger partial charge in [-0.15, -0.1) is 0 Å². The highest BCUT2D eigenvalue weighted by molar-refractivity contribution is 5.81. The first-order chi connectivity index (χ1) is 12.7. The lowest BCUT2D eigenvalue weighted by Gasteiger charge is -2.40. The Kier molecular flexibility index (Phi) is 5.18. The zero-order valence-corrected chi connectivity index (χ0v) is 15.6. The van der Waals surface area contributed by atoms with Crippen molar-refractivity contribution in [1.82, 2.24) is 9.80 Å². The lowest BCUT2D eigenvalue weighted by atomic mass is 9.96. The lowest BCUT2D eigenvalue weighted by Crippen LogP contribution is -2.48. The molecule has 0 radical (unpaired) electrons. The predicted molar refractivity (Wildman–Crippen MR) is 105 cm³/mol. The fraction of sp³-hybridized carbons (Fsp3) is 0.435. The molecule has 0 bridgehead atoms. The molecule has 2 aliphatic rings. The van der Waals surface area contributed by atoms with E-state index in [0.717, 1.165) is 39.1 Å². The van der Waals surface area contributed by atoms with Gasteiger partial charge in [-0.3, -0.25) is 9.69 Å². The van der Waals surface area contributed by atoms with Crippen molar-refractivity contribution < 1.29 is 4.79 Å². The molecule has 3 heteroatoms. The third kappa shape index (κ3) is 3.89. The summed E-state index contributed by atoms with van der Waals surface area (Å²) in [6, 6.07) is 22.0. The number of hydrogen-bond donors (Lipinski definition) is 0. The molecule has 0 N–H and O–H groups in total. The molecule has 26 heavy (non-hydrogen) atoms. The Bertz CT molecular complexity index is 683. The second-order valence-electron chi connectivity index (χ2n) is 7.77. The summed E-state index contributed by atoms with van der Waals surface area (Å²) in [4.78, 5) is 16.6. The SMILES string of the molecule is CC(=O)C1CC1CN1CCN(C(c2ccccc2)c2ccccc2)CC1. The van der Waals surface area contributed by atoms with Gasteiger partial charge in [0.15, 0.2) is 0 Å². The number of ketones is 1. The molecule has 2 aromatic rings. The van der Waals surface area contributed by atoms with Crippen LogP contribution in [0.3, 0.4) is 0 Å². The second kappa shape index (κ2) is 7.73. The number of benzene rings is 2. The first kappa shape index (κ1) is 17.4. The molecule has 4 rings (SSSR count). The Hall–Kier alpha value is -1.97. The number of nitrogens with zero attached hydrogens (tertiary/aromatic N) is 2. The quantitative estimate of drug-likeness (QED) is 0.797. The molecule has 136 valence electrons. The molecule has 1 aliphatic heterocycles. The number of piperazine rings is 1. The van der Waals surface area contributed by atoms with E-state index >= 15 is 0 Å². The van der Waals surface area contributed by atoms with E-state index in [1.54, 1.807) is 6.92 Å². The normalized spacial score (nSPS) is 23.9. The van der Waals surface area contributed by atoms with Gasteiger partial charge in [-0.05, 0) is 30.4 Å². The summed E-state index contributed by atoms with van der Waals surface area (Å²) in [6.45, 7) is 7.18. The molecule has 2 fully saturated rings. The van der Waals surface area contributed by atoms with Crippen LogP contribution in [0.25, 0.3) is 0 Å². The Morgan fingerprint density at radius 1 is 0.923 bits per heavy atom. The first-order valence-electron chi connectivity index (χ1n) is 9.79. The van der Waals surface area contributed by atoms with E-state index < -0.39 is 0 Å². The monoisotopic (exact) mass is 348 g/mol. The maximum Gasteiger partial charge on any atom is 0.133 e. The highest BCUT2D eigenvalue weighted by Crippen LogP contribution is 2.40. The van der Waals surface area contributed by atoms with Gasteiger partial charge in [0, 0.05) is 38.6 Å². The summed E-state index contributed by atoms with van der Waals surface area (Å²) in [7, 11) is 0. The third-order valence-corrected chi connectivity index (χ3v) is 5.94. The molecule has 2 unspecified atom stereocenters. The van der Waals surface area contributed by atoms with Crippen LogP contribution in [0, 0.1) is 11.8 Å². The molecule has 0 amide bonds. The summed E-state index contributed by atoms with van der Waals surface area (Å²) in [6.07, 6.45) is 1.10. The number of carbonyl (C=O) groups is 1. The minimum atomic E-state index is 0.324. The van der Waals surface area contributed by atoms with E-state index in [1.165, 1.54) is 11.1 Å². The zero-order chi connectivity index (χ0) is 17.9. The first-order valence-corrected chi connectivity index (χ1v) is 9.79. The van der Waals surface area contributed by atoms with E-state index in [-0.39, 0.29) is 0 Å². The lowest BCUT2D eigenvalue weighted by molar-refractivity contribution is -0.118. The van der Waals surface area contributed by atoms with Crippen molar-refractivity contribution in [3.63, 3.8) is 0 Å². The van der Waals surface area contributed by atoms with Gasteiger partial charge >= 0.3 is 0 Å². The van der Waals surface area contributed by atoms with Crippen molar-refractivity contribution in [2.75, 3.05) is 32.7 Å². The molecule has 1 saturated heterocycles. The van der Waals surface area contributed by atoms with Crippen molar-refractivity contribution in [3.05, 3.63) is 71.8 Å². The van der Waals surface area contributed by atoms with Gasteiger partial charge in [-0.2, -0.15) is 0 Å². The largest absolute Gasteiger partial charge is 0.300 e. The smallest absolute Gasteiger partial charge is 0.133 e. The number of carbonyl (C=O) groups excluding carboxylic acids is 1. The highest BCUT2D eigenvalue weighted by Gasteiger charge is 2.41. The van der Waals surface area contributed by atoms with Crippen LogP contribution in [0.4, 0.5) is 0 Å². The third-order valence-electron chi connectivity index (χ3n) is 5.94. The molecular formula is C23H28N2O. The van der Waals surface area contributed by atoms with E-state index in [2.05, 4.69) is 70.5 Å². The van der Waals surface area contributed by atoms with Crippen molar-refractivity contribution in [2.24, 2.45) is 11.8 Å². The van der Waals surface area contributed by atoms with Crippen molar-refractivity contribution in [3.8, 4) is 0 Å². The van der Waals surface area contributed by atoms with Crippen LogP contribution in [-0.2, 0) is 4.79 Å². The molecule has 1 saturated carbocycles. The van der Waals surface area contributed by atoms with E-state index in [0.29, 0.717) is 23.7 Å². The van der Waals surface area contributed by atoms with Gasteiger partial charge in [0.1, 0.15) is 5.78 Å². The maximum absolute atomic E-state index is 11.5. The topological polar surface area (TPSA) is 23.6 Å². The van der Waals surface area contributed by atoms with Crippen LogP contribution in [-0.4, -0.2) is 48.3 Å². The van der Waals surface area contributed by atoms with Crippen LogP contribution in [0.15, 0.2) is 60.7 Å². The van der Waals surface area contributed by atoms with Gasteiger partial charge in [-0.25, -0.2) is 0 Å². The summed E-state index contributed by atoms with van der Waals surface area (Å²) in [5, 5.41) is 0. The molecule has 1 aliphatic carbocycles. The number of Topliss-reactive ketones (excluding diaryl/α,β-unsaturated/α-hetero) is 1. The van der Waals surface area contributed by atoms with Gasteiger partial charge in [-0.1, -0.05) is 60.7 Å². The average molecular weight is 348 g/mol. The molecule has 0 spiro atoms. The van der Waals surface area contributed by atoms with Crippen LogP contribution in [0.5, 0.6) is 0 Å². The van der Waals surface area contributed by atoms with Gasteiger partial charge in [0.05, 0.1) is 6.04 Å². The fourth-order valence-electron chi connectivity index (χ4n) is 4.37. The van der Waals surface area contributed by atoms with Crippen LogP contribution >= 0.6 is 0 Å². The summed E-state index contributed by atoms with van der Waals surface area (Å²) in [5.41, 5.74) is 2.73. The minimum Gasteiger partial charge on any atom is -0.300 e. The standard InChI is InChI=1S/C23H28N2O/c1-18(26)22-16-21(22)17-24-12-14-25(15-13-24)23(19-8-4-2-5-9-19)20-10-6-3-7-11-20/h2-11,21-23H,12-17H2,1H3. The van der Waals surface area contributed by atoms with E-state index in [1.807, 2.05) is 0 Å². The Morgan fingerprint density at radius 3 is 1.92 bits per heavy atom. The molecule has 1 heterocycles. The molecule has 2 atom stereocenters. The Morgan fingerprint density at radius 2 is 1.46 bits per heavy atom. The van der Waals surface area contributed by atoms with Crippen LogP contribution in [0.2, 0.25) is 0 Å². The predicted octanol–water partition coefficient (Wildman–Crippen LogP) is 3.62. The second-order valence-corrected chi connectivity index (χ2v) is 7.77. The van der Waals surface area contributed by atoms with Crippen molar-refractivity contribution in [1.29, 1.82) is 0 Å². The van der Waals surface area contributed by atoms with Gasteiger partial charge in [0.2, 0.25) is 0 Å². The summed E-state index contributed by atoms with van der Waals surface area (Å²) >= 11 is 0. The molecule has 2 aromatic carbocycles. The van der Waals surface area contributed by atoms with Crippen molar-refractivity contribution >= 4 is 5.78 Å². The van der Waals surface area contributed by atoms with Crippen LogP contribution < -0.4 is 0 Å². The number of rotatable bonds is 6. The fourth-order valence-corrected chi connectivity index (χ4v) is 4.37. The Balaban J connectivity index is 1.43. The Labute approximate surface area is 156 Å². The number of hydrogen-bond acceptors (Lipinski definition) is 3. The van der Waals surface area contributed by atoms with E-state index in [9.17, 15) is 4.79 Å². The highest BCUT2D eigenvalue weighted by atomic mass is 16.1. The summed E-state index contributed by atoms with van der Waals surface area (Å²) in [5.74, 6) is 1.33. The molecule has 0 aromatic heterocycles. The average Bonchev–Trinajstić information content (AvgIpc) is 3.45. The zero-order valence-electron chi connectivity index (χ0n) is 15.6.